The van der Waals surface area contributed by atoms with Gasteiger partial charge in [-0.25, -0.2) is 9.59 Å². The second kappa shape index (κ2) is 7.75. The molecule has 0 spiro atoms. The van der Waals surface area contributed by atoms with Crippen molar-refractivity contribution in [2.24, 2.45) is 0 Å². The molecule has 0 radical (unpaired) electrons. The third-order valence-corrected chi connectivity index (χ3v) is 4.70. The first-order valence-electron chi connectivity index (χ1n) is 8.84. The Morgan fingerprint density at radius 3 is 2.48 bits per heavy atom. The second-order valence-electron chi connectivity index (χ2n) is 6.95. The van der Waals surface area contributed by atoms with Gasteiger partial charge in [-0.1, -0.05) is 0 Å². The van der Waals surface area contributed by atoms with Gasteiger partial charge in [0.2, 0.25) is 0 Å². The highest BCUT2D eigenvalue weighted by atomic mass is 16.6. The third kappa shape index (κ3) is 4.11. The van der Waals surface area contributed by atoms with Crippen LogP contribution in [-0.2, 0) is 11.3 Å². The van der Waals surface area contributed by atoms with E-state index in [2.05, 4.69) is 0 Å². The monoisotopic (exact) mass is 396 g/mol. The molecule has 1 heterocycles. The van der Waals surface area contributed by atoms with E-state index >= 15 is 0 Å². The fraction of sp³-hybridized carbons (Fsp3) is 0.238. The van der Waals surface area contributed by atoms with Crippen LogP contribution in [0.25, 0.3) is 11.0 Å². The number of hydrogen-bond donors (Lipinski definition) is 0. The largest absolute Gasteiger partial charge is 0.457 e. The molecule has 0 unspecified atom stereocenters. The van der Waals surface area contributed by atoms with E-state index in [9.17, 15) is 19.7 Å². The van der Waals surface area contributed by atoms with Gasteiger partial charge in [0.15, 0.2) is 0 Å². The van der Waals surface area contributed by atoms with Crippen LogP contribution in [0.3, 0.4) is 0 Å². The van der Waals surface area contributed by atoms with Crippen LogP contribution in [0, 0.1) is 24.0 Å². The van der Waals surface area contributed by atoms with Crippen molar-refractivity contribution < 1.29 is 18.9 Å². The number of carbonyl (C=O) groups is 1. The number of nitro groups is 1. The van der Waals surface area contributed by atoms with Crippen LogP contribution in [0.15, 0.2) is 45.6 Å². The maximum Gasteiger partial charge on any atom is 0.340 e. The molecule has 29 heavy (non-hydrogen) atoms. The Kier molecular flexibility index (Phi) is 5.36. The zero-order valence-corrected chi connectivity index (χ0v) is 16.5. The Balaban J connectivity index is 1.96. The van der Waals surface area contributed by atoms with E-state index in [4.69, 9.17) is 9.15 Å². The molecule has 3 aromatic rings. The fourth-order valence-corrected chi connectivity index (χ4v) is 3.01. The summed E-state index contributed by atoms with van der Waals surface area (Å²) in [6.45, 7) is 3.67. The van der Waals surface area contributed by atoms with Gasteiger partial charge in [0.1, 0.15) is 12.2 Å². The first-order valence-corrected chi connectivity index (χ1v) is 8.84. The maximum absolute atomic E-state index is 12.7. The van der Waals surface area contributed by atoms with Crippen LogP contribution >= 0.6 is 0 Å². The number of esters is 1. The van der Waals surface area contributed by atoms with E-state index < -0.39 is 16.5 Å². The predicted molar refractivity (Wildman–Crippen MR) is 109 cm³/mol. The van der Waals surface area contributed by atoms with Crippen LogP contribution in [0.1, 0.15) is 27.0 Å². The van der Waals surface area contributed by atoms with Crippen LogP contribution in [0.4, 0.5) is 11.4 Å². The van der Waals surface area contributed by atoms with Gasteiger partial charge in [-0.05, 0) is 43.2 Å². The Morgan fingerprint density at radius 1 is 1.14 bits per heavy atom. The van der Waals surface area contributed by atoms with E-state index in [-0.39, 0.29) is 17.9 Å². The van der Waals surface area contributed by atoms with Crippen LogP contribution in [0.2, 0.25) is 0 Å². The van der Waals surface area contributed by atoms with Crippen LogP contribution in [-0.4, -0.2) is 25.0 Å². The van der Waals surface area contributed by atoms with Gasteiger partial charge in [0.05, 0.1) is 16.2 Å². The Bertz CT molecular complexity index is 1180. The van der Waals surface area contributed by atoms with Gasteiger partial charge in [-0.15, -0.1) is 0 Å². The van der Waals surface area contributed by atoms with Crippen molar-refractivity contribution in [2.45, 2.75) is 20.5 Å². The molecule has 3 rings (SSSR count). The number of nitro benzene ring substituents is 1. The summed E-state index contributed by atoms with van der Waals surface area (Å²) in [5.41, 5.74) is 2.71. The molecule has 0 amide bonds. The summed E-state index contributed by atoms with van der Waals surface area (Å²) >= 11 is 0. The number of fused-ring (bicyclic) bond motifs is 1. The number of rotatable bonds is 5. The molecule has 0 atom stereocenters. The number of hydrogen-bond acceptors (Lipinski definition) is 7. The summed E-state index contributed by atoms with van der Waals surface area (Å²) in [5.74, 6) is -0.720. The molecule has 0 bridgehead atoms. The van der Waals surface area contributed by atoms with Crippen molar-refractivity contribution in [1.82, 2.24) is 0 Å². The van der Waals surface area contributed by atoms with E-state index in [1.165, 1.54) is 24.3 Å². The van der Waals surface area contributed by atoms with E-state index in [1.54, 1.807) is 25.1 Å². The molecule has 8 nitrogen and oxygen atoms in total. The first-order chi connectivity index (χ1) is 13.7. The van der Waals surface area contributed by atoms with E-state index in [1.807, 2.05) is 19.9 Å². The van der Waals surface area contributed by atoms with Gasteiger partial charge in [0, 0.05) is 43.2 Å². The molecular formula is C21H20N2O6. The zero-order valence-electron chi connectivity index (χ0n) is 16.5. The highest BCUT2D eigenvalue weighted by molar-refractivity contribution is 5.96. The molecule has 0 N–H and O–H groups in total. The molecule has 0 saturated carbocycles. The molecule has 2 aromatic carbocycles. The Morgan fingerprint density at radius 2 is 1.83 bits per heavy atom. The SMILES string of the molecule is Cc1cc2oc(=O)cc(COC(=O)c3cc([N+](=O)[O-])ccc3N(C)C)c2cc1C. The lowest BCUT2D eigenvalue weighted by Gasteiger charge is -2.16. The summed E-state index contributed by atoms with van der Waals surface area (Å²) in [5, 5.41) is 11.7. The minimum atomic E-state index is -0.720. The van der Waals surface area contributed by atoms with Gasteiger partial charge in [-0.3, -0.25) is 10.1 Å². The van der Waals surface area contributed by atoms with Gasteiger partial charge >= 0.3 is 11.6 Å². The molecule has 0 aliphatic heterocycles. The summed E-state index contributed by atoms with van der Waals surface area (Å²) in [6.07, 6.45) is 0. The normalized spacial score (nSPS) is 10.8. The lowest BCUT2D eigenvalue weighted by atomic mass is 10.0. The maximum atomic E-state index is 12.7. The lowest BCUT2D eigenvalue weighted by Crippen LogP contribution is -2.16. The number of anilines is 1. The van der Waals surface area contributed by atoms with Crippen LogP contribution < -0.4 is 10.5 Å². The summed E-state index contributed by atoms with van der Waals surface area (Å²) in [7, 11) is 3.44. The topological polar surface area (TPSA) is 103 Å². The lowest BCUT2D eigenvalue weighted by molar-refractivity contribution is -0.384. The van der Waals surface area contributed by atoms with Crippen molar-refractivity contribution >= 4 is 28.3 Å². The highest BCUT2D eigenvalue weighted by Gasteiger charge is 2.20. The minimum Gasteiger partial charge on any atom is -0.457 e. The van der Waals surface area contributed by atoms with Gasteiger partial charge in [0.25, 0.3) is 5.69 Å². The number of nitrogens with zero attached hydrogens (tertiary/aromatic N) is 2. The number of carbonyl (C=O) groups excluding carboxylic acids is 1. The van der Waals surface area contributed by atoms with Crippen molar-refractivity contribution in [2.75, 3.05) is 19.0 Å². The Hall–Kier alpha value is -3.68. The summed E-state index contributed by atoms with van der Waals surface area (Å²) in [6, 6.07) is 8.92. The van der Waals surface area contributed by atoms with E-state index in [0.29, 0.717) is 22.2 Å². The first kappa shape index (κ1) is 20.1. The highest BCUT2D eigenvalue weighted by Crippen LogP contribution is 2.26. The number of non-ortho nitro benzene ring substituents is 1. The average Bonchev–Trinajstić information content (AvgIpc) is 2.66. The third-order valence-electron chi connectivity index (χ3n) is 4.70. The van der Waals surface area contributed by atoms with Crippen molar-refractivity contribution in [3.8, 4) is 0 Å². The van der Waals surface area contributed by atoms with Gasteiger partial charge < -0.3 is 14.1 Å². The molecule has 1 aromatic heterocycles. The molecule has 0 aliphatic carbocycles. The quantitative estimate of drug-likeness (QED) is 0.280. The number of aryl methyl sites for hydroxylation is 2. The molecule has 150 valence electrons. The molecule has 8 heteroatoms. The van der Waals surface area contributed by atoms with Crippen molar-refractivity contribution in [3.63, 3.8) is 0 Å². The average molecular weight is 396 g/mol. The Labute approximate surface area is 166 Å². The number of ether oxygens (including phenoxy) is 1. The van der Waals surface area contributed by atoms with Gasteiger partial charge in [-0.2, -0.15) is 0 Å². The molecule has 0 fully saturated rings. The summed E-state index contributed by atoms with van der Waals surface area (Å²) in [4.78, 5) is 36.7. The molecule has 0 aliphatic rings. The predicted octanol–water partition coefficient (Wildman–Crippen LogP) is 3.74. The minimum absolute atomic E-state index is 0.0727. The molecular weight excluding hydrogens is 376 g/mol. The smallest absolute Gasteiger partial charge is 0.340 e. The standard InChI is InChI=1S/C21H20N2O6/c1-12-7-16-14(9-20(24)29-19(16)8-13(12)2)11-28-21(25)17-10-15(23(26)27)5-6-18(17)22(3)4/h5-10H,11H2,1-4H3. The fourth-order valence-electron chi connectivity index (χ4n) is 3.01. The molecule has 0 saturated heterocycles. The van der Waals surface area contributed by atoms with E-state index in [0.717, 1.165) is 11.1 Å². The van der Waals surface area contributed by atoms with Crippen molar-refractivity contribution in [1.29, 1.82) is 0 Å². The van der Waals surface area contributed by atoms with Crippen molar-refractivity contribution in [3.05, 3.63) is 79.2 Å². The number of benzene rings is 2. The zero-order chi connectivity index (χ0) is 21.3. The second-order valence-corrected chi connectivity index (χ2v) is 6.95. The summed E-state index contributed by atoms with van der Waals surface area (Å²) < 4.78 is 10.6. The van der Waals surface area contributed by atoms with Crippen LogP contribution in [0.5, 0.6) is 0 Å².